The van der Waals surface area contributed by atoms with Gasteiger partial charge in [0.2, 0.25) is 0 Å². The summed E-state index contributed by atoms with van der Waals surface area (Å²) in [5.41, 5.74) is 0.665. The lowest BCUT2D eigenvalue weighted by molar-refractivity contribution is 0.0512. The Kier molecular flexibility index (Phi) is 2.90. The summed E-state index contributed by atoms with van der Waals surface area (Å²) in [6, 6.07) is 1.80. The van der Waals surface area contributed by atoms with E-state index in [-0.39, 0.29) is 5.82 Å². The maximum absolute atomic E-state index is 11.5. The van der Waals surface area contributed by atoms with Crippen molar-refractivity contribution in [2.75, 3.05) is 6.61 Å². The number of carbonyl (C=O) groups excluding carboxylic acids is 1. The quantitative estimate of drug-likeness (QED) is 0.719. The monoisotopic (exact) mass is 235 g/mol. The van der Waals surface area contributed by atoms with Crippen molar-refractivity contribution >= 4 is 5.97 Å². The largest absolute Gasteiger partial charge is 0.460 e. The maximum Gasteiger partial charge on any atom is 0.378 e. The molecule has 0 aromatic carbocycles. The van der Waals surface area contributed by atoms with Crippen LogP contribution in [0.2, 0.25) is 0 Å². The van der Waals surface area contributed by atoms with Crippen molar-refractivity contribution in [3.63, 3.8) is 0 Å². The van der Waals surface area contributed by atoms with E-state index in [2.05, 4.69) is 15.2 Å². The molecule has 0 unspecified atom stereocenters. The van der Waals surface area contributed by atoms with Crippen LogP contribution in [0, 0.1) is 0 Å². The topological polar surface area (TPSA) is 74.8 Å². The second-order valence-corrected chi connectivity index (χ2v) is 3.48. The van der Waals surface area contributed by atoms with E-state index in [0.29, 0.717) is 18.1 Å². The van der Waals surface area contributed by atoms with E-state index in [4.69, 9.17) is 4.74 Å². The number of carbonyl (C=O) groups is 1. The number of hydrogen-bond acceptors (Lipinski definition) is 5. The molecule has 0 fully saturated rings. The summed E-state index contributed by atoms with van der Waals surface area (Å²) in [5, 5.41) is 8.20. The van der Waals surface area contributed by atoms with Crippen molar-refractivity contribution in [2.24, 2.45) is 14.1 Å². The summed E-state index contributed by atoms with van der Waals surface area (Å²) in [6.07, 6.45) is 1.80. The molecule has 7 nitrogen and oxygen atoms in total. The minimum Gasteiger partial charge on any atom is -0.460 e. The first-order valence-electron chi connectivity index (χ1n) is 5.20. The highest BCUT2D eigenvalue weighted by molar-refractivity contribution is 5.85. The van der Waals surface area contributed by atoms with Crippen LogP contribution in [-0.2, 0) is 18.8 Å². The summed E-state index contributed by atoms with van der Waals surface area (Å²) >= 11 is 0. The molecule has 0 aliphatic heterocycles. The number of aromatic nitrogens is 5. The van der Waals surface area contributed by atoms with E-state index in [0.717, 1.165) is 0 Å². The Balaban J connectivity index is 2.34. The molecule has 90 valence electrons. The van der Waals surface area contributed by atoms with Crippen LogP contribution in [0.25, 0.3) is 11.5 Å². The number of nitrogens with zero attached hydrogens (tertiary/aromatic N) is 5. The highest BCUT2D eigenvalue weighted by Crippen LogP contribution is 2.13. The molecule has 0 aliphatic rings. The maximum atomic E-state index is 11.5. The number of aryl methyl sites for hydroxylation is 2. The zero-order chi connectivity index (χ0) is 12.4. The smallest absolute Gasteiger partial charge is 0.378 e. The Morgan fingerprint density at radius 1 is 1.41 bits per heavy atom. The molecule has 2 aromatic rings. The van der Waals surface area contributed by atoms with Crippen LogP contribution < -0.4 is 0 Å². The third-order valence-electron chi connectivity index (χ3n) is 2.16. The van der Waals surface area contributed by atoms with Crippen LogP contribution in [0.1, 0.15) is 17.5 Å². The lowest BCUT2D eigenvalue weighted by atomic mass is 10.4. The Morgan fingerprint density at radius 3 is 2.76 bits per heavy atom. The Hall–Kier alpha value is -2.18. The third kappa shape index (κ3) is 2.17. The van der Waals surface area contributed by atoms with Crippen LogP contribution in [0.4, 0.5) is 0 Å². The van der Waals surface area contributed by atoms with Crippen LogP contribution in [0.3, 0.4) is 0 Å². The molecule has 0 saturated carbocycles. The van der Waals surface area contributed by atoms with Gasteiger partial charge in [0.25, 0.3) is 5.82 Å². The van der Waals surface area contributed by atoms with Gasteiger partial charge in [0.05, 0.1) is 6.61 Å². The second-order valence-electron chi connectivity index (χ2n) is 3.48. The predicted molar refractivity (Wildman–Crippen MR) is 59.2 cm³/mol. The van der Waals surface area contributed by atoms with E-state index >= 15 is 0 Å². The van der Waals surface area contributed by atoms with Gasteiger partial charge in [0, 0.05) is 20.3 Å². The highest BCUT2D eigenvalue weighted by Gasteiger charge is 2.17. The van der Waals surface area contributed by atoms with Gasteiger partial charge in [-0.3, -0.25) is 4.68 Å². The standard InChI is InChI=1S/C10H13N5O2/c1-4-17-10(16)8-11-9(15(3)13-8)7-5-6-14(2)12-7/h5-6H,4H2,1-3H3. The van der Waals surface area contributed by atoms with E-state index in [1.165, 1.54) is 4.68 Å². The summed E-state index contributed by atoms with van der Waals surface area (Å²) in [6.45, 7) is 2.04. The number of ether oxygens (including phenoxy) is 1. The molecule has 2 aromatic heterocycles. The molecule has 0 aliphatic carbocycles. The van der Waals surface area contributed by atoms with Gasteiger partial charge in [-0.15, -0.1) is 5.10 Å². The van der Waals surface area contributed by atoms with Gasteiger partial charge in [0.15, 0.2) is 5.82 Å². The lowest BCUT2D eigenvalue weighted by Crippen LogP contribution is -2.07. The molecule has 0 amide bonds. The summed E-state index contributed by atoms with van der Waals surface area (Å²) < 4.78 is 8.00. The zero-order valence-electron chi connectivity index (χ0n) is 9.91. The summed E-state index contributed by atoms with van der Waals surface area (Å²) in [4.78, 5) is 15.6. The summed E-state index contributed by atoms with van der Waals surface area (Å²) in [5.74, 6) is 0.0638. The average molecular weight is 235 g/mol. The van der Waals surface area contributed by atoms with Gasteiger partial charge in [-0.05, 0) is 13.0 Å². The van der Waals surface area contributed by atoms with Crippen LogP contribution >= 0.6 is 0 Å². The zero-order valence-corrected chi connectivity index (χ0v) is 9.91. The summed E-state index contributed by atoms with van der Waals surface area (Å²) in [7, 11) is 3.52. The normalized spacial score (nSPS) is 10.5. The molecule has 0 N–H and O–H groups in total. The fraction of sp³-hybridized carbons (Fsp3) is 0.400. The second kappa shape index (κ2) is 4.36. The first-order chi connectivity index (χ1) is 8.11. The van der Waals surface area contributed by atoms with Crippen LogP contribution in [-0.4, -0.2) is 37.1 Å². The van der Waals surface area contributed by atoms with E-state index in [9.17, 15) is 4.79 Å². The highest BCUT2D eigenvalue weighted by atomic mass is 16.5. The predicted octanol–water partition coefficient (Wildman–Crippen LogP) is 0.392. The van der Waals surface area contributed by atoms with Gasteiger partial charge >= 0.3 is 5.97 Å². The van der Waals surface area contributed by atoms with Crippen molar-refractivity contribution in [2.45, 2.75) is 6.92 Å². The SMILES string of the molecule is CCOC(=O)c1nc(-c2ccn(C)n2)n(C)n1. The number of hydrogen-bond donors (Lipinski definition) is 0. The van der Waals surface area contributed by atoms with Crippen molar-refractivity contribution in [3.05, 3.63) is 18.1 Å². The molecule has 2 rings (SSSR count). The molecule has 0 spiro atoms. The third-order valence-corrected chi connectivity index (χ3v) is 2.16. The molecule has 2 heterocycles. The van der Waals surface area contributed by atoms with Gasteiger partial charge < -0.3 is 4.74 Å². The Bertz CT molecular complexity index is 543. The number of esters is 1. The van der Waals surface area contributed by atoms with Crippen molar-refractivity contribution in [3.8, 4) is 11.5 Å². The van der Waals surface area contributed by atoms with E-state index < -0.39 is 5.97 Å². The van der Waals surface area contributed by atoms with E-state index in [1.807, 2.05) is 7.05 Å². The molecular weight excluding hydrogens is 222 g/mol. The molecule has 0 radical (unpaired) electrons. The van der Waals surface area contributed by atoms with Crippen molar-refractivity contribution in [1.82, 2.24) is 24.5 Å². The first-order valence-corrected chi connectivity index (χ1v) is 5.20. The average Bonchev–Trinajstić information content (AvgIpc) is 2.85. The van der Waals surface area contributed by atoms with Crippen LogP contribution in [0.5, 0.6) is 0 Å². The molecule has 0 saturated heterocycles. The molecule has 0 bridgehead atoms. The fourth-order valence-corrected chi connectivity index (χ4v) is 1.42. The number of rotatable bonds is 3. The first kappa shape index (κ1) is 11.3. The molecular formula is C10H13N5O2. The minimum atomic E-state index is -0.523. The van der Waals surface area contributed by atoms with Gasteiger partial charge in [0.1, 0.15) is 5.69 Å². The van der Waals surface area contributed by atoms with E-state index in [1.54, 1.807) is 30.9 Å². The Labute approximate surface area is 98.0 Å². The fourth-order valence-electron chi connectivity index (χ4n) is 1.42. The van der Waals surface area contributed by atoms with Crippen molar-refractivity contribution < 1.29 is 9.53 Å². The minimum absolute atomic E-state index is 0.0509. The molecule has 7 heteroatoms. The van der Waals surface area contributed by atoms with Gasteiger partial charge in [-0.25, -0.2) is 9.48 Å². The van der Waals surface area contributed by atoms with Crippen LogP contribution in [0.15, 0.2) is 12.3 Å². The lowest BCUT2D eigenvalue weighted by Gasteiger charge is -1.94. The molecule has 0 atom stereocenters. The molecule has 17 heavy (non-hydrogen) atoms. The Morgan fingerprint density at radius 2 is 2.18 bits per heavy atom. The van der Waals surface area contributed by atoms with Gasteiger partial charge in [-0.2, -0.15) is 10.1 Å². The van der Waals surface area contributed by atoms with Crippen molar-refractivity contribution in [1.29, 1.82) is 0 Å². The van der Waals surface area contributed by atoms with Gasteiger partial charge in [-0.1, -0.05) is 0 Å².